The molecule has 1 amide bonds. The molecule has 160 valence electrons. The minimum absolute atomic E-state index is 0.0837. The highest BCUT2D eigenvalue weighted by molar-refractivity contribution is 6.31. The molecule has 0 radical (unpaired) electrons. The molecule has 2 heterocycles. The zero-order valence-electron chi connectivity index (χ0n) is 17.7. The molecule has 0 aromatic heterocycles. The number of benzene rings is 3. The fourth-order valence-corrected chi connectivity index (χ4v) is 4.49. The fourth-order valence-electron chi connectivity index (χ4n) is 4.32. The first-order valence-electron chi connectivity index (χ1n) is 10.9. The number of nitrogens with zero attached hydrogens (tertiary/aromatic N) is 2. The Morgan fingerprint density at radius 2 is 1.84 bits per heavy atom. The molecule has 3 aromatic carbocycles. The van der Waals surface area contributed by atoms with Crippen molar-refractivity contribution in [3.63, 3.8) is 0 Å². The minimum atomic E-state index is -0.482. The van der Waals surface area contributed by atoms with E-state index in [2.05, 4.69) is 34.5 Å². The van der Waals surface area contributed by atoms with E-state index in [0.29, 0.717) is 5.02 Å². The van der Waals surface area contributed by atoms with Crippen molar-refractivity contribution in [1.82, 2.24) is 4.90 Å². The van der Waals surface area contributed by atoms with Crippen molar-refractivity contribution in [2.45, 2.75) is 18.9 Å². The average Bonchev–Trinajstić information content (AvgIpc) is 3.14. The molecular weight excluding hydrogens is 418 g/mol. The SMILES string of the molecule is O=C1Nc2cc(Cl)ccc2C1C(=Nc1ccc(CN2CC=CCC2)cc1)c1ccccc1. The van der Waals surface area contributed by atoms with E-state index in [1.165, 1.54) is 5.56 Å². The van der Waals surface area contributed by atoms with Crippen LogP contribution in [0.25, 0.3) is 0 Å². The van der Waals surface area contributed by atoms with Crippen LogP contribution in [0, 0.1) is 0 Å². The lowest BCUT2D eigenvalue weighted by Gasteiger charge is -2.22. The Bertz CT molecular complexity index is 1190. The van der Waals surface area contributed by atoms with E-state index in [9.17, 15) is 4.79 Å². The number of halogens is 1. The Morgan fingerprint density at radius 3 is 2.59 bits per heavy atom. The molecule has 0 spiro atoms. The molecule has 1 atom stereocenters. The molecule has 0 bridgehead atoms. The van der Waals surface area contributed by atoms with Gasteiger partial charge in [-0.1, -0.05) is 72.3 Å². The molecule has 0 saturated carbocycles. The van der Waals surface area contributed by atoms with Gasteiger partial charge < -0.3 is 5.32 Å². The third-order valence-corrected chi connectivity index (χ3v) is 6.16. The standard InChI is InChI=1S/C27H24ClN3O/c28-21-11-14-23-24(17-21)30-27(32)25(23)26(20-7-3-1-4-8-20)29-22-12-9-19(10-13-22)18-31-15-5-2-6-16-31/h1-5,7-14,17,25H,6,15-16,18H2,(H,30,32). The maximum Gasteiger partial charge on any atom is 0.238 e. The summed E-state index contributed by atoms with van der Waals surface area (Å²) >= 11 is 6.14. The maximum absolute atomic E-state index is 13.0. The topological polar surface area (TPSA) is 44.7 Å². The van der Waals surface area contributed by atoms with E-state index in [1.54, 1.807) is 6.07 Å². The van der Waals surface area contributed by atoms with Crippen molar-refractivity contribution < 1.29 is 4.79 Å². The molecule has 5 heteroatoms. The molecule has 32 heavy (non-hydrogen) atoms. The van der Waals surface area contributed by atoms with E-state index in [-0.39, 0.29) is 5.91 Å². The quantitative estimate of drug-likeness (QED) is 0.392. The lowest BCUT2D eigenvalue weighted by atomic mass is 9.90. The molecule has 1 N–H and O–H groups in total. The average molecular weight is 442 g/mol. The lowest BCUT2D eigenvalue weighted by Crippen LogP contribution is -2.26. The molecule has 0 fully saturated rings. The van der Waals surface area contributed by atoms with E-state index in [1.807, 2.05) is 54.6 Å². The van der Waals surface area contributed by atoms with Crippen LogP contribution in [0.5, 0.6) is 0 Å². The predicted molar refractivity (Wildman–Crippen MR) is 131 cm³/mol. The first-order chi connectivity index (χ1) is 15.7. The molecule has 1 unspecified atom stereocenters. The van der Waals surface area contributed by atoms with Crippen molar-refractivity contribution in [3.05, 3.63) is 107 Å². The van der Waals surface area contributed by atoms with Gasteiger partial charge in [0, 0.05) is 30.3 Å². The Balaban J connectivity index is 1.48. The molecular formula is C27H24ClN3O. The minimum Gasteiger partial charge on any atom is -0.325 e. The molecule has 0 aliphatic carbocycles. The third kappa shape index (κ3) is 4.38. The van der Waals surface area contributed by atoms with Crippen molar-refractivity contribution in [3.8, 4) is 0 Å². The largest absolute Gasteiger partial charge is 0.325 e. The van der Waals surface area contributed by atoms with Crippen LogP contribution >= 0.6 is 11.6 Å². The van der Waals surface area contributed by atoms with Gasteiger partial charge in [0.15, 0.2) is 0 Å². The van der Waals surface area contributed by atoms with Crippen LogP contribution < -0.4 is 5.32 Å². The summed E-state index contributed by atoms with van der Waals surface area (Å²) in [6, 6.07) is 23.8. The number of aliphatic imine (C=N–C) groups is 1. The van der Waals surface area contributed by atoms with Crippen LogP contribution in [0.3, 0.4) is 0 Å². The van der Waals surface area contributed by atoms with E-state index >= 15 is 0 Å². The van der Waals surface area contributed by atoms with Gasteiger partial charge in [-0.15, -0.1) is 0 Å². The first kappa shape index (κ1) is 20.7. The predicted octanol–water partition coefficient (Wildman–Crippen LogP) is 5.96. The van der Waals surface area contributed by atoms with Crippen LogP contribution in [0.2, 0.25) is 5.02 Å². The highest BCUT2D eigenvalue weighted by atomic mass is 35.5. The molecule has 2 aliphatic rings. The zero-order valence-corrected chi connectivity index (χ0v) is 18.4. The molecule has 4 nitrogen and oxygen atoms in total. The van der Waals surface area contributed by atoms with Gasteiger partial charge in [0.05, 0.1) is 11.4 Å². The number of nitrogens with one attached hydrogen (secondary N) is 1. The lowest BCUT2D eigenvalue weighted by molar-refractivity contribution is -0.115. The van der Waals surface area contributed by atoms with Crippen LogP contribution in [-0.2, 0) is 11.3 Å². The number of rotatable bonds is 5. The maximum atomic E-state index is 13.0. The van der Waals surface area contributed by atoms with E-state index < -0.39 is 5.92 Å². The summed E-state index contributed by atoms with van der Waals surface area (Å²) in [5.41, 5.74) is 5.41. The van der Waals surface area contributed by atoms with E-state index in [0.717, 1.165) is 54.3 Å². The summed E-state index contributed by atoms with van der Waals surface area (Å²) in [6.45, 7) is 3.02. The molecule has 2 aliphatic heterocycles. The number of hydrogen-bond acceptors (Lipinski definition) is 3. The molecule has 5 rings (SSSR count). The third-order valence-electron chi connectivity index (χ3n) is 5.92. The monoisotopic (exact) mass is 441 g/mol. The van der Waals surface area contributed by atoms with Gasteiger partial charge in [0.25, 0.3) is 0 Å². The van der Waals surface area contributed by atoms with Crippen LogP contribution in [0.1, 0.15) is 29.0 Å². The van der Waals surface area contributed by atoms with Crippen molar-refractivity contribution in [2.24, 2.45) is 4.99 Å². The Morgan fingerprint density at radius 1 is 1.03 bits per heavy atom. The fraction of sp³-hybridized carbons (Fsp3) is 0.185. The van der Waals surface area contributed by atoms with Gasteiger partial charge in [-0.2, -0.15) is 0 Å². The van der Waals surface area contributed by atoms with Crippen molar-refractivity contribution in [1.29, 1.82) is 0 Å². The van der Waals surface area contributed by atoms with Crippen molar-refractivity contribution >= 4 is 34.6 Å². The summed E-state index contributed by atoms with van der Waals surface area (Å²) in [6.07, 6.45) is 5.58. The van der Waals surface area contributed by atoms with Gasteiger partial charge in [0.2, 0.25) is 5.91 Å². The number of hydrogen-bond donors (Lipinski definition) is 1. The van der Waals surface area contributed by atoms with Crippen LogP contribution in [0.4, 0.5) is 11.4 Å². The second-order valence-corrected chi connectivity index (χ2v) is 8.61. The summed E-state index contributed by atoms with van der Waals surface area (Å²) in [7, 11) is 0. The summed E-state index contributed by atoms with van der Waals surface area (Å²) in [5.74, 6) is -0.566. The van der Waals surface area contributed by atoms with Gasteiger partial charge >= 0.3 is 0 Å². The second-order valence-electron chi connectivity index (χ2n) is 8.18. The Labute approximate surface area is 193 Å². The number of carbonyl (C=O) groups excluding carboxylic acids is 1. The van der Waals surface area contributed by atoms with Gasteiger partial charge in [0.1, 0.15) is 5.92 Å². The summed E-state index contributed by atoms with van der Waals surface area (Å²) < 4.78 is 0. The second kappa shape index (κ2) is 9.11. The van der Waals surface area contributed by atoms with Gasteiger partial charge in [-0.05, 0) is 47.4 Å². The number of carbonyl (C=O) groups is 1. The summed E-state index contributed by atoms with van der Waals surface area (Å²) in [4.78, 5) is 20.4. The highest BCUT2D eigenvalue weighted by Gasteiger charge is 2.35. The van der Waals surface area contributed by atoms with Gasteiger partial charge in [-0.25, -0.2) is 0 Å². The number of amides is 1. The smallest absolute Gasteiger partial charge is 0.238 e. The summed E-state index contributed by atoms with van der Waals surface area (Å²) in [5, 5.41) is 3.56. The normalized spacial score (nSPS) is 18.5. The molecule has 0 saturated heterocycles. The first-order valence-corrected chi connectivity index (χ1v) is 11.3. The van der Waals surface area contributed by atoms with Crippen molar-refractivity contribution in [2.75, 3.05) is 18.4 Å². The van der Waals surface area contributed by atoms with Crippen LogP contribution in [0.15, 0.2) is 89.9 Å². The number of fused-ring (bicyclic) bond motifs is 1. The van der Waals surface area contributed by atoms with E-state index in [4.69, 9.17) is 16.6 Å². The Kier molecular flexibility index (Phi) is 5.89. The molecule has 3 aromatic rings. The highest BCUT2D eigenvalue weighted by Crippen LogP contribution is 2.37. The zero-order chi connectivity index (χ0) is 21.9. The van der Waals surface area contributed by atoms with Crippen LogP contribution in [-0.4, -0.2) is 29.6 Å². The number of anilines is 1. The van der Waals surface area contributed by atoms with Gasteiger partial charge in [-0.3, -0.25) is 14.7 Å². The Hall–Kier alpha value is -3.21.